The Morgan fingerprint density at radius 3 is 3.05 bits per heavy atom. The van der Waals surface area contributed by atoms with Gasteiger partial charge in [0.15, 0.2) is 0 Å². The molecule has 0 atom stereocenters. The Labute approximate surface area is 128 Å². The van der Waals surface area contributed by atoms with Crippen molar-refractivity contribution in [2.24, 2.45) is 21.0 Å². The van der Waals surface area contributed by atoms with E-state index in [0.29, 0.717) is 24.0 Å². The van der Waals surface area contributed by atoms with Gasteiger partial charge < -0.3 is 5.73 Å². The lowest BCUT2D eigenvalue weighted by Gasteiger charge is -2.04. The van der Waals surface area contributed by atoms with Crippen LogP contribution in [0.3, 0.4) is 0 Å². The van der Waals surface area contributed by atoms with E-state index in [-0.39, 0.29) is 0 Å². The van der Waals surface area contributed by atoms with E-state index < -0.39 is 0 Å². The second-order valence-electron chi connectivity index (χ2n) is 4.20. The Morgan fingerprint density at radius 2 is 2.19 bits per heavy atom. The third kappa shape index (κ3) is 2.97. The lowest BCUT2D eigenvalue weighted by molar-refractivity contribution is 0.897. The first-order valence-corrected chi connectivity index (χ1v) is 6.86. The van der Waals surface area contributed by atoms with Crippen LogP contribution in [0.2, 0.25) is 0 Å². The van der Waals surface area contributed by atoms with Crippen LogP contribution >= 0.6 is 15.9 Å². The molecular formula is C12H11BrN8. The molecule has 1 aromatic carbocycles. The molecule has 0 saturated heterocycles. The summed E-state index contributed by atoms with van der Waals surface area (Å²) < 4.78 is 2.60. The molecule has 0 spiro atoms. The molecule has 0 unspecified atom stereocenters. The number of nitrogens with zero attached hydrogens (tertiary/aromatic N) is 6. The standard InChI is InChI=1S/C12H11BrN8/c13-9-4-2-1-3-8(9)6-15-19-12-20-17-10(14)5-11-18-16-7-21(11)12/h1-4,6-7H,5H2,(H2,14,17)(H,19,20). The van der Waals surface area contributed by atoms with Crippen LogP contribution in [0.15, 0.2) is 50.4 Å². The van der Waals surface area contributed by atoms with Crippen LogP contribution in [0.1, 0.15) is 11.4 Å². The number of hydrogen-bond donors (Lipinski definition) is 2. The highest BCUT2D eigenvalue weighted by Crippen LogP contribution is 2.13. The summed E-state index contributed by atoms with van der Waals surface area (Å²) in [6.45, 7) is 0. The Bertz CT molecular complexity index is 745. The molecule has 2 heterocycles. The molecular weight excluding hydrogens is 336 g/mol. The van der Waals surface area contributed by atoms with Gasteiger partial charge in [0.1, 0.15) is 18.0 Å². The molecule has 0 fully saturated rings. The van der Waals surface area contributed by atoms with Crippen LogP contribution in [0, 0.1) is 0 Å². The summed E-state index contributed by atoms with van der Waals surface area (Å²) >= 11 is 3.45. The fourth-order valence-electron chi connectivity index (χ4n) is 1.73. The summed E-state index contributed by atoms with van der Waals surface area (Å²) in [5.74, 6) is 1.41. The first-order chi connectivity index (χ1) is 10.2. The predicted molar refractivity (Wildman–Crippen MR) is 83.1 cm³/mol. The summed E-state index contributed by atoms with van der Waals surface area (Å²) in [7, 11) is 0. The van der Waals surface area contributed by atoms with Gasteiger partial charge in [-0.25, -0.2) is 5.43 Å². The molecule has 106 valence electrons. The van der Waals surface area contributed by atoms with Crippen LogP contribution < -0.4 is 11.2 Å². The number of hydrazone groups is 1. The zero-order chi connectivity index (χ0) is 14.7. The topological polar surface area (TPSA) is 106 Å². The SMILES string of the molecule is NC1=NN=C(NN=Cc2ccccc2Br)n2cnnc2C1. The van der Waals surface area contributed by atoms with E-state index in [0.717, 1.165) is 10.0 Å². The van der Waals surface area contributed by atoms with Gasteiger partial charge in [-0.15, -0.1) is 20.4 Å². The number of benzene rings is 1. The van der Waals surface area contributed by atoms with Crippen molar-refractivity contribution in [3.63, 3.8) is 0 Å². The Morgan fingerprint density at radius 1 is 1.33 bits per heavy atom. The van der Waals surface area contributed by atoms with E-state index in [1.807, 2.05) is 24.3 Å². The largest absolute Gasteiger partial charge is 0.385 e. The first-order valence-electron chi connectivity index (χ1n) is 6.07. The second kappa shape index (κ2) is 5.83. The van der Waals surface area contributed by atoms with Crippen molar-refractivity contribution in [1.29, 1.82) is 0 Å². The van der Waals surface area contributed by atoms with Crippen molar-refractivity contribution in [2.75, 3.05) is 0 Å². The van der Waals surface area contributed by atoms with Crippen molar-refractivity contribution < 1.29 is 0 Å². The smallest absolute Gasteiger partial charge is 0.250 e. The minimum absolute atomic E-state index is 0.371. The van der Waals surface area contributed by atoms with E-state index in [4.69, 9.17) is 5.73 Å². The molecule has 1 aliphatic rings. The number of nitrogens with one attached hydrogen (secondary N) is 1. The number of aromatic nitrogens is 3. The number of halogens is 1. The fraction of sp³-hybridized carbons (Fsp3) is 0.0833. The summed E-state index contributed by atoms with van der Waals surface area (Å²) in [5.41, 5.74) is 9.46. The molecule has 8 nitrogen and oxygen atoms in total. The van der Waals surface area contributed by atoms with E-state index >= 15 is 0 Å². The van der Waals surface area contributed by atoms with Crippen LogP contribution in [-0.2, 0) is 6.42 Å². The average molecular weight is 347 g/mol. The molecule has 1 aliphatic heterocycles. The van der Waals surface area contributed by atoms with Crippen molar-refractivity contribution in [1.82, 2.24) is 20.2 Å². The van der Waals surface area contributed by atoms with Crippen molar-refractivity contribution in [2.45, 2.75) is 6.42 Å². The highest BCUT2D eigenvalue weighted by Gasteiger charge is 2.14. The minimum Gasteiger partial charge on any atom is -0.385 e. The Hall–Kier alpha value is -2.55. The fourth-order valence-corrected chi connectivity index (χ4v) is 2.12. The van der Waals surface area contributed by atoms with Gasteiger partial charge in [-0.2, -0.15) is 5.10 Å². The van der Waals surface area contributed by atoms with Crippen molar-refractivity contribution in [3.8, 4) is 0 Å². The molecule has 21 heavy (non-hydrogen) atoms. The van der Waals surface area contributed by atoms with Crippen molar-refractivity contribution in [3.05, 3.63) is 46.5 Å². The quantitative estimate of drug-likeness (QED) is 0.616. The minimum atomic E-state index is 0.371. The number of hydrogen-bond acceptors (Lipinski definition) is 7. The number of nitrogens with two attached hydrogens (primary N) is 1. The molecule has 0 aliphatic carbocycles. The van der Waals surface area contributed by atoms with Gasteiger partial charge in [-0.05, 0) is 6.07 Å². The summed E-state index contributed by atoms with van der Waals surface area (Å²) in [4.78, 5) is 0. The normalized spacial score (nSPS) is 14.3. The van der Waals surface area contributed by atoms with Gasteiger partial charge in [-0.1, -0.05) is 34.1 Å². The third-order valence-corrected chi connectivity index (χ3v) is 3.45. The molecule has 0 saturated carbocycles. The summed E-state index contributed by atoms with van der Waals surface area (Å²) in [6.07, 6.45) is 3.60. The van der Waals surface area contributed by atoms with E-state index in [2.05, 4.69) is 46.9 Å². The molecule has 0 bridgehead atoms. The van der Waals surface area contributed by atoms with Gasteiger partial charge in [0.05, 0.1) is 12.6 Å². The first kappa shape index (κ1) is 13.4. The van der Waals surface area contributed by atoms with Crippen LogP contribution in [0.4, 0.5) is 0 Å². The average Bonchev–Trinajstić information content (AvgIpc) is 2.87. The second-order valence-corrected chi connectivity index (χ2v) is 5.05. The van der Waals surface area contributed by atoms with E-state index in [1.54, 1.807) is 10.8 Å². The maximum Gasteiger partial charge on any atom is 0.250 e. The molecule has 0 radical (unpaired) electrons. The van der Waals surface area contributed by atoms with Gasteiger partial charge in [0, 0.05) is 10.0 Å². The monoisotopic (exact) mass is 346 g/mol. The third-order valence-electron chi connectivity index (χ3n) is 2.73. The van der Waals surface area contributed by atoms with E-state index in [9.17, 15) is 0 Å². The van der Waals surface area contributed by atoms with Gasteiger partial charge >= 0.3 is 0 Å². The molecule has 1 aromatic heterocycles. The zero-order valence-electron chi connectivity index (χ0n) is 10.8. The number of fused-ring (bicyclic) bond motifs is 1. The summed E-state index contributed by atoms with van der Waals surface area (Å²) in [5, 5.41) is 19.8. The van der Waals surface area contributed by atoms with E-state index in [1.165, 1.54) is 6.33 Å². The van der Waals surface area contributed by atoms with Crippen LogP contribution in [0.25, 0.3) is 0 Å². The van der Waals surface area contributed by atoms with Crippen LogP contribution in [-0.4, -0.2) is 32.8 Å². The molecule has 0 amide bonds. The van der Waals surface area contributed by atoms with Gasteiger partial charge in [0.2, 0.25) is 0 Å². The number of rotatable bonds is 2. The Kier molecular flexibility index (Phi) is 3.73. The highest BCUT2D eigenvalue weighted by atomic mass is 79.9. The maximum atomic E-state index is 5.70. The maximum absolute atomic E-state index is 5.70. The van der Waals surface area contributed by atoms with Crippen LogP contribution in [0.5, 0.6) is 0 Å². The lowest BCUT2D eigenvalue weighted by Crippen LogP contribution is -2.27. The number of amidine groups is 1. The van der Waals surface area contributed by atoms with Gasteiger partial charge in [0.25, 0.3) is 5.96 Å². The van der Waals surface area contributed by atoms with Gasteiger partial charge in [-0.3, -0.25) is 4.57 Å². The Balaban J connectivity index is 1.81. The highest BCUT2D eigenvalue weighted by molar-refractivity contribution is 9.10. The zero-order valence-corrected chi connectivity index (χ0v) is 12.4. The lowest BCUT2D eigenvalue weighted by atomic mass is 10.2. The van der Waals surface area contributed by atoms with Crippen molar-refractivity contribution >= 4 is 33.9 Å². The predicted octanol–water partition coefficient (Wildman–Crippen LogP) is 0.697. The molecule has 3 N–H and O–H groups in total. The summed E-state index contributed by atoms with van der Waals surface area (Å²) in [6, 6.07) is 7.74. The molecule has 3 rings (SSSR count). The molecule has 2 aromatic rings. The molecule has 9 heteroatoms.